The van der Waals surface area contributed by atoms with Crippen LogP contribution in [0.2, 0.25) is 0 Å². The second-order valence-corrected chi connectivity index (χ2v) is 5.90. The highest BCUT2D eigenvalue weighted by Gasteiger charge is 2.08. The lowest BCUT2D eigenvalue weighted by atomic mass is 10.1. The zero-order valence-corrected chi connectivity index (χ0v) is 13.1. The van der Waals surface area contributed by atoms with Crippen LogP contribution in [0.1, 0.15) is 15.9 Å². The van der Waals surface area contributed by atoms with Crippen molar-refractivity contribution in [2.24, 2.45) is 0 Å². The largest absolute Gasteiger partial charge is 0.872 e. The van der Waals surface area contributed by atoms with E-state index in [-0.39, 0.29) is 5.56 Å². The number of nitrogens with one attached hydrogen (secondary N) is 1. The number of hydrogen-bond donors (Lipinski definition) is 2. The van der Waals surface area contributed by atoms with Crippen LogP contribution >= 0.6 is 11.3 Å². The van der Waals surface area contributed by atoms with Crippen LogP contribution in [0.3, 0.4) is 0 Å². The summed E-state index contributed by atoms with van der Waals surface area (Å²) < 4.78 is 0. The number of nitrogens with zero attached hydrogens (tertiary/aromatic N) is 1. The summed E-state index contributed by atoms with van der Waals surface area (Å²) in [4.78, 5) is 15.5. The number of rotatable bonds is 4. The molecule has 0 aliphatic heterocycles. The summed E-state index contributed by atoms with van der Waals surface area (Å²) in [5.74, 6) is -1.75. The maximum Gasteiger partial charge on any atom is 0.335 e. The number of carbonyl (C=O) groups is 1. The van der Waals surface area contributed by atoms with Gasteiger partial charge >= 0.3 is 5.97 Å². The van der Waals surface area contributed by atoms with Gasteiger partial charge < -0.3 is 15.5 Å². The van der Waals surface area contributed by atoms with Gasteiger partial charge in [-0.3, -0.25) is 0 Å². The Morgan fingerprint density at radius 3 is 2.65 bits per heavy atom. The summed E-state index contributed by atoms with van der Waals surface area (Å²) in [7, 11) is 0. The molecule has 1 aromatic heterocycles. The van der Waals surface area contributed by atoms with Gasteiger partial charge in [0.2, 0.25) is 0 Å². The number of aryl methyl sites for hydroxylation is 1. The fourth-order valence-corrected chi connectivity index (χ4v) is 2.83. The first-order valence-electron chi connectivity index (χ1n) is 6.87. The lowest BCUT2D eigenvalue weighted by Crippen LogP contribution is -2.04. The van der Waals surface area contributed by atoms with Gasteiger partial charge in [-0.25, -0.2) is 9.78 Å². The molecule has 3 aromatic rings. The Morgan fingerprint density at radius 2 is 1.96 bits per heavy atom. The average Bonchev–Trinajstić information content (AvgIpc) is 2.98. The molecule has 0 fully saturated rings. The van der Waals surface area contributed by atoms with Crippen molar-refractivity contribution >= 4 is 28.1 Å². The molecular formula is C17H13N2O3S-. The van der Waals surface area contributed by atoms with Crippen molar-refractivity contribution in [3.8, 4) is 17.0 Å². The third kappa shape index (κ3) is 3.32. The van der Waals surface area contributed by atoms with E-state index >= 15 is 0 Å². The molecule has 1 heterocycles. The van der Waals surface area contributed by atoms with E-state index in [9.17, 15) is 9.90 Å². The van der Waals surface area contributed by atoms with E-state index in [1.165, 1.54) is 29.0 Å². The van der Waals surface area contributed by atoms with E-state index in [1.54, 1.807) is 6.07 Å². The molecule has 116 valence electrons. The lowest BCUT2D eigenvalue weighted by Gasteiger charge is -2.11. The summed E-state index contributed by atoms with van der Waals surface area (Å²) in [5.41, 5.74) is 3.30. The quantitative estimate of drug-likeness (QED) is 0.765. The van der Waals surface area contributed by atoms with Crippen LogP contribution < -0.4 is 10.4 Å². The van der Waals surface area contributed by atoms with Crippen molar-refractivity contribution in [2.45, 2.75) is 6.92 Å². The molecule has 0 saturated carbocycles. The number of thiazole rings is 1. The maximum atomic E-state index is 11.5. The van der Waals surface area contributed by atoms with E-state index < -0.39 is 11.7 Å². The van der Waals surface area contributed by atoms with Crippen molar-refractivity contribution in [1.29, 1.82) is 0 Å². The Labute approximate surface area is 136 Å². The van der Waals surface area contributed by atoms with Gasteiger partial charge in [-0.05, 0) is 19.1 Å². The molecule has 5 nitrogen and oxygen atoms in total. The van der Waals surface area contributed by atoms with Crippen LogP contribution in [0.5, 0.6) is 5.75 Å². The maximum absolute atomic E-state index is 11.5. The molecule has 6 heteroatoms. The Kier molecular flexibility index (Phi) is 3.99. The van der Waals surface area contributed by atoms with E-state index in [1.807, 2.05) is 36.6 Å². The van der Waals surface area contributed by atoms with Gasteiger partial charge in [0.1, 0.15) is 0 Å². The van der Waals surface area contributed by atoms with E-state index in [0.717, 1.165) is 11.3 Å². The molecule has 3 rings (SSSR count). The number of anilines is 2. The number of aromatic carboxylic acids is 1. The Hall–Kier alpha value is -2.86. The highest BCUT2D eigenvalue weighted by atomic mass is 32.1. The highest BCUT2D eigenvalue weighted by Crippen LogP contribution is 2.28. The van der Waals surface area contributed by atoms with Crippen LogP contribution in [0.15, 0.2) is 47.8 Å². The van der Waals surface area contributed by atoms with Crippen molar-refractivity contribution < 1.29 is 15.0 Å². The van der Waals surface area contributed by atoms with E-state index in [2.05, 4.69) is 10.3 Å². The minimum atomic E-state index is -1.24. The third-order valence-electron chi connectivity index (χ3n) is 3.31. The molecule has 0 spiro atoms. The summed E-state index contributed by atoms with van der Waals surface area (Å²) in [5, 5.41) is 26.0. The van der Waals surface area contributed by atoms with E-state index in [0.29, 0.717) is 10.8 Å². The smallest absolute Gasteiger partial charge is 0.335 e. The molecule has 2 N–H and O–H groups in total. The Balaban J connectivity index is 1.83. The van der Waals surface area contributed by atoms with Crippen LogP contribution in [0.4, 0.5) is 10.8 Å². The minimum absolute atomic E-state index is 0.259. The zero-order valence-electron chi connectivity index (χ0n) is 12.2. The lowest BCUT2D eigenvalue weighted by molar-refractivity contribution is -0.268. The first-order chi connectivity index (χ1) is 11.0. The fourth-order valence-electron chi connectivity index (χ4n) is 2.09. The second kappa shape index (κ2) is 6.10. The van der Waals surface area contributed by atoms with Crippen LogP contribution in [0, 0.1) is 6.92 Å². The van der Waals surface area contributed by atoms with Crippen molar-refractivity contribution in [3.05, 3.63) is 59.0 Å². The van der Waals surface area contributed by atoms with Crippen LogP contribution in [-0.4, -0.2) is 16.1 Å². The van der Waals surface area contributed by atoms with Crippen molar-refractivity contribution in [2.75, 3.05) is 5.32 Å². The molecule has 0 unspecified atom stereocenters. The molecule has 23 heavy (non-hydrogen) atoms. The number of benzene rings is 2. The zero-order chi connectivity index (χ0) is 16.4. The molecule has 0 amide bonds. The number of aromatic nitrogens is 1. The average molecular weight is 325 g/mol. The summed E-state index contributed by atoms with van der Waals surface area (Å²) >= 11 is 1.41. The number of hydrogen-bond acceptors (Lipinski definition) is 5. The minimum Gasteiger partial charge on any atom is -0.872 e. The highest BCUT2D eigenvalue weighted by molar-refractivity contribution is 7.14. The van der Waals surface area contributed by atoms with Gasteiger partial charge in [0.05, 0.1) is 11.3 Å². The molecule has 0 radical (unpaired) electrons. The first kappa shape index (κ1) is 15.1. The third-order valence-corrected chi connectivity index (χ3v) is 4.07. The summed E-state index contributed by atoms with van der Waals surface area (Å²) in [6.45, 7) is 2.03. The Morgan fingerprint density at radius 1 is 1.22 bits per heavy atom. The number of carboxylic acid groups (broad SMARTS) is 1. The molecular weight excluding hydrogens is 312 g/mol. The van der Waals surface area contributed by atoms with Gasteiger partial charge in [-0.1, -0.05) is 41.6 Å². The molecule has 2 aromatic carbocycles. The second-order valence-electron chi connectivity index (χ2n) is 5.05. The summed E-state index contributed by atoms with van der Waals surface area (Å²) in [6, 6.07) is 12.1. The predicted octanol–water partition coefficient (Wildman–Crippen LogP) is 3.63. The Bertz CT molecular complexity index is 857. The summed E-state index contributed by atoms with van der Waals surface area (Å²) in [6.07, 6.45) is 0. The molecule has 0 bridgehead atoms. The standard InChI is InChI=1S/C17H14N2O3S/c1-10-2-4-11(5-3-10)14-9-23-17(19-14)18-12-6-7-15(20)13(8-12)16(21)22/h2-9,20H,1H3,(H,18,19)(H,21,22)/p-1. The normalized spacial score (nSPS) is 10.5. The van der Waals surface area contributed by atoms with Gasteiger partial charge in [0, 0.05) is 16.6 Å². The van der Waals surface area contributed by atoms with E-state index in [4.69, 9.17) is 5.11 Å². The molecule has 0 atom stereocenters. The fraction of sp³-hybridized carbons (Fsp3) is 0.0588. The topological polar surface area (TPSA) is 85.3 Å². The van der Waals surface area contributed by atoms with Crippen molar-refractivity contribution in [1.82, 2.24) is 4.98 Å². The van der Waals surface area contributed by atoms with Gasteiger partial charge in [-0.2, -0.15) is 0 Å². The van der Waals surface area contributed by atoms with Crippen LogP contribution in [-0.2, 0) is 0 Å². The van der Waals surface area contributed by atoms with Gasteiger partial charge in [-0.15, -0.1) is 11.3 Å². The van der Waals surface area contributed by atoms with Gasteiger partial charge in [0.15, 0.2) is 5.13 Å². The van der Waals surface area contributed by atoms with Crippen LogP contribution in [0.25, 0.3) is 11.3 Å². The van der Waals surface area contributed by atoms with Gasteiger partial charge in [0.25, 0.3) is 0 Å². The number of carboxylic acids is 1. The predicted molar refractivity (Wildman–Crippen MR) is 88.4 cm³/mol. The first-order valence-corrected chi connectivity index (χ1v) is 7.75. The molecule has 0 saturated heterocycles. The SMILES string of the molecule is Cc1ccc(-c2csc(Nc3ccc([O-])c(C(=O)O)c3)n2)cc1. The molecule has 0 aliphatic rings. The monoisotopic (exact) mass is 325 g/mol. The van der Waals surface area contributed by atoms with Crippen molar-refractivity contribution in [3.63, 3.8) is 0 Å². The molecule has 0 aliphatic carbocycles.